The van der Waals surface area contributed by atoms with Crippen LogP contribution in [0.4, 0.5) is 5.69 Å². The van der Waals surface area contributed by atoms with E-state index in [4.69, 9.17) is 4.74 Å². The highest BCUT2D eigenvalue weighted by Gasteiger charge is 2.33. The Labute approximate surface area is 148 Å². The van der Waals surface area contributed by atoms with E-state index in [2.05, 4.69) is 20.5 Å². The molecule has 1 aromatic heterocycles. The molecule has 0 aliphatic carbocycles. The predicted molar refractivity (Wildman–Crippen MR) is 94.4 cm³/mol. The molecule has 2 atom stereocenters. The molecule has 0 bridgehead atoms. The van der Waals surface area contributed by atoms with Crippen molar-refractivity contribution in [3.05, 3.63) is 18.3 Å². The number of hydrogen-bond acceptors (Lipinski definition) is 5. The Morgan fingerprint density at radius 2 is 2.04 bits per heavy atom. The number of rotatable bonds is 4. The van der Waals surface area contributed by atoms with E-state index < -0.39 is 11.8 Å². The van der Waals surface area contributed by atoms with Gasteiger partial charge in [0.05, 0.1) is 19.0 Å². The van der Waals surface area contributed by atoms with Gasteiger partial charge >= 0.3 is 11.8 Å². The van der Waals surface area contributed by atoms with E-state index in [0.717, 1.165) is 6.42 Å². The minimum atomic E-state index is -0.664. The Balaban J connectivity index is 1.48. The fourth-order valence-corrected chi connectivity index (χ4v) is 3.88. The third-order valence-electron chi connectivity index (χ3n) is 5.16. The van der Waals surface area contributed by atoms with Crippen molar-refractivity contribution in [2.45, 2.75) is 38.1 Å². The molecule has 2 N–H and O–H groups in total. The molecule has 2 amide bonds. The van der Waals surface area contributed by atoms with E-state index in [1.165, 1.54) is 52.1 Å². The summed E-state index contributed by atoms with van der Waals surface area (Å²) in [5, 5.41) is 5.36. The Kier molecular flexibility index (Phi) is 5.86. The Morgan fingerprint density at radius 1 is 1.20 bits per heavy atom. The first kappa shape index (κ1) is 17.7. The minimum Gasteiger partial charge on any atom is -0.481 e. The Morgan fingerprint density at radius 3 is 2.80 bits per heavy atom. The number of fused-ring (bicyclic) bond motifs is 1. The van der Waals surface area contributed by atoms with E-state index in [9.17, 15) is 9.59 Å². The molecule has 2 fully saturated rings. The number of hydrogen-bond donors (Lipinski definition) is 2. The first-order chi connectivity index (χ1) is 12.2. The largest absolute Gasteiger partial charge is 0.481 e. The van der Waals surface area contributed by atoms with Crippen LogP contribution in [0.25, 0.3) is 0 Å². The van der Waals surface area contributed by atoms with Crippen LogP contribution in [-0.2, 0) is 9.59 Å². The predicted octanol–water partition coefficient (Wildman–Crippen LogP) is 1.41. The monoisotopic (exact) mass is 346 g/mol. The molecule has 2 aliphatic heterocycles. The van der Waals surface area contributed by atoms with E-state index in [0.29, 0.717) is 30.1 Å². The van der Waals surface area contributed by atoms with Crippen LogP contribution in [0, 0.1) is 5.92 Å². The molecule has 0 aromatic carbocycles. The number of pyridine rings is 1. The summed E-state index contributed by atoms with van der Waals surface area (Å²) in [5.74, 6) is -0.364. The number of aromatic nitrogens is 1. The van der Waals surface area contributed by atoms with Gasteiger partial charge in [-0.05, 0) is 50.8 Å². The zero-order chi connectivity index (χ0) is 17.6. The molecule has 0 radical (unpaired) electrons. The van der Waals surface area contributed by atoms with Crippen molar-refractivity contribution in [1.29, 1.82) is 0 Å². The molecule has 0 spiro atoms. The summed E-state index contributed by atoms with van der Waals surface area (Å²) in [7, 11) is 1.52. The van der Waals surface area contributed by atoms with Gasteiger partial charge in [0.25, 0.3) is 0 Å². The highest BCUT2D eigenvalue weighted by Crippen LogP contribution is 2.30. The van der Waals surface area contributed by atoms with Crippen LogP contribution in [-0.4, -0.2) is 54.5 Å². The maximum absolute atomic E-state index is 12.1. The molecule has 136 valence electrons. The molecule has 2 aliphatic rings. The van der Waals surface area contributed by atoms with Crippen molar-refractivity contribution in [2.75, 3.05) is 32.1 Å². The van der Waals surface area contributed by atoms with E-state index in [1.54, 1.807) is 12.1 Å². The fraction of sp³-hybridized carbons (Fsp3) is 0.611. The average molecular weight is 346 g/mol. The lowest BCUT2D eigenvalue weighted by atomic mass is 9.83. The number of nitrogens with zero attached hydrogens (tertiary/aromatic N) is 2. The normalized spacial score (nSPS) is 23.4. The summed E-state index contributed by atoms with van der Waals surface area (Å²) >= 11 is 0. The van der Waals surface area contributed by atoms with Crippen LogP contribution in [0.1, 0.15) is 32.1 Å². The molecule has 0 saturated carbocycles. The number of anilines is 1. The summed E-state index contributed by atoms with van der Waals surface area (Å²) in [6.45, 7) is 2.90. The summed E-state index contributed by atoms with van der Waals surface area (Å²) in [6.07, 6.45) is 7.48. The topological polar surface area (TPSA) is 83.6 Å². The van der Waals surface area contributed by atoms with Crippen molar-refractivity contribution in [3.8, 4) is 5.88 Å². The molecule has 7 heteroatoms. The number of carbonyl (C=O) groups excluding carboxylic acids is 2. The highest BCUT2D eigenvalue weighted by molar-refractivity contribution is 6.39. The van der Waals surface area contributed by atoms with Gasteiger partial charge in [-0.2, -0.15) is 0 Å². The number of piperidine rings is 2. The molecule has 1 unspecified atom stereocenters. The van der Waals surface area contributed by atoms with Gasteiger partial charge in [0.15, 0.2) is 0 Å². The van der Waals surface area contributed by atoms with Crippen molar-refractivity contribution in [3.63, 3.8) is 0 Å². The van der Waals surface area contributed by atoms with Gasteiger partial charge < -0.3 is 20.3 Å². The van der Waals surface area contributed by atoms with Crippen LogP contribution in [0.15, 0.2) is 18.3 Å². The van der Waals surface area contributed by atoms with Gasteiger partial charge in [-0.25, -0.2) is 4.98 Å². The lowest BCUT2D eigenvalue weighted by molar-refractivity contribution is -0.136. The first-order valence-electron chi connectivity index (χ1n) is 9.00. The minimum absolute atomic E-state index is 0.438. The molecule has 3 rings (SSSR count). The second-order valence-electron chi connectivity index (χ2n) is 6.75. The van der Waals surface area contributed by atoms with Crippen molar-refractivity contribution in [1.82, 2.24) is 15.2 Å². The maximum Gasteiger partial charge on any atom is 0.313 e. The molecule has 2 saturated heterocycles. The van der Waals surface area contributed by atoms with E-state index in [1.807, 2.05) is 0 Å². The van der Waals surface area contributed by atoms with Gasteiger partial charge in [-0.3, -0.25) is 9.59 Å². The molecular weight excluding hydrogens is 320 g/mol. The quantitative estimate of drug-likeness (QED) is 0.806. The third-order valence-corrected chi connectivity index (χ3v) is 5.16. The zero-order valence-corrected chi connectivity index (χ0v) is 14.7. The Hall–Kier alpha value is -2.15. The van der Waals surface area contributed by atoms with Crippen molar-refractivity contribution >= 4 is 17.5 Å². The lowest BCUT2D eigenvalue weighted by Crippen LogP contribution is -2.51. The molecule has 3 heterocycles. The van der Waals surface area contributed by atoms with Crippen LogP contribution < -0.4 is 15.4 Å². The standard InChI is InChI=1S/C18H26N4O3/c1-25-16-8-7-14(12-19-16)21-18(24)17(23)20-11-13-5-4-10-22-9-3-2-6-15(13)22/h7-8,12-13,15H,2-6,9-11H2,1H3,(H,20,23)(H,21,24)/t13-,15?/m0/s1. The fourth-order valence-electron chi connectivity index (χ4n) is 3.88. The van der Waals surface area contributed by atoms with Crippen LogP contribution in [0.5, 0.6) is 5.88 Å². The SMILES string of the molecule is COc1ccc(NC(=O)C(=O)NC[C@@H]2CCCN3CCCCC23)cn1. The number of amides is 2. The van der Waals surface area contributed by atoms with E-state index in [-0.39, 0.29) is 0 Å². The highest BCUT2D eigenvalue weighted by atomic mass is 16.5. The second kappa shape index (κ2) is 8.29. The van der Waals surface area contributed by atoms with Crippen molar-refractivity contribution in [2.24, 2.45) is 5.92 Å². The van der Waals surface area contributed by atoms with Gasteiger partial charge in [0, 0.05) is 18.7 Å². The number of nitrogens with one attached hydrogen (secondary N) is 2. The van der Waals surface area contributed by atoms with Gasteiger partial charge in [-0.1, -0.05) is 6.42 Å². The van der Waals surface area contributed by atoms with Gasteiger partial charge in [0.1, 0.15) is 0 Å². The molecular formula is C18H26N4O3. The van der Waals surface area contributed by atoms with Gasteiger partial charge in [0.2, 0.25) is 5.88 Å². The third kappa shape index (κ3) is 4.48. The molecule has 7 nitrogen and oxygen atoms in total. The molecule has 1 aromatic rings. The maximum atomic E-state index is 12.1. The van der Waals surface area contributed by atoms with Crippen LogP contribution in [0.2, 0.25) is 0 Å². The zero-order valence-electron chi connectivity index (χ0n) is 14.7. The number of ether oxygens (including phenoxy) is 1. The first-order valence-corrected chi connectivity index (χ1v) is 9.00. The van der Waals surface area contributed by atoms with Gasteiger partial charge in [-0.15, -0.1) is 0 Å². The molecule has 25 heavy (non-hydrogen) atoms. The summed E-state index contributed by atoms with van der Waals surface area (Å²) in [6, 6.07) is 3.84. The smallest absolute Gasteiger partial charge is 0.313 e. The van der Waals surface area contributed by atoms with Crippen LogP contribution >= 0.6 is 0 Å². The second-order valence-corrected chi connectivity index (χ2v) is 6.75. The summed E-state index contributed by atoms with van der Waals surface area (Å²) in [4.78, 5) is 30.7. The summed E-state index contributed by atoms with van der Waals surface area (Å²) < 4.78 is 4.96. The van der Waals surface area contributed by atoms with Crippen molar-refractivity contribution < 1.29 is 14.3 Å². The average Bonchev–Trinajstić information content (AvgIpc) is 2.66. The number of methoxy groups -OCH3 is 1. The summed E-state index contributed by atoms with van der Waals surface area (Å²) in [5.41, 5.74) is 0.470. The lowest BCUT2D eigenvalue weighted by Gasteiger charge is -2.44. The Bertz CT molecular complexity index is 603. The van der Waals surface area contributed by atoms with E-state index >= 15 is 0 Å². The van der Waals surface area contributed by atoms with Crippen LogP contribution in [0.3, 0.4) is 0 Å². The number of carbonyl (C=O) groups is 2.